The third-order valence-electron chi connectivity index (χ3n) is 1.66. The van der Waals surface area contributed by atoms with Crippen molar-refractivity contribution in [1.82, 2.24) is 0 Å². The highest BCUT2D eigenvalue weighted by molar-refractivity contribution is 6.33. The van der Waals surface area contributed by atoms with E-state index in [1.54, 1.807) is 0 Å². The molecule has 7 heteroatoms. The zero-order chi connectivity index (χ0) is 12.1. The van der Waals surface area contributed by atoms with E-state index in [-0.39, 0.29) is 22.9 Å². The molecule has 16 heavy (non-hydrogen) atoms. The van der Waals surface area contributed by atoms with Gasteiger partial charge in [0.25, 0.3) is 12.2 Å². The first kappa shape index (κ1) is 11.9. The standard InChI is InChI=1S/C9H6ClN3O3/c1-11-5-9(14)12-8-4-6(13(15)16)2-3-7(8)10/h2-4H,5H2,(H,12,14). The van der Waals surface area contributed by atoms with Crippen molar-refractivity contribution in [3.05, 3.63) is 44.8 Å². The van der Waals surface area contributed by atoms with E-state index in [1.165, 1.54) is 12.1 Å². The van der Waals surface area contributed by atoms with Crippen molar-refractivity contribution in [2.45, 2.75) is 0 Å². The summed E-state index contributed by atoms with van der Waals surface area (Å²) in [7, 11) is 0. The molecule has 0 saturated heterocycles. The molecule has 0 aliphatic carbocycles. The molecule has 1 N–H and O–H groups in total. The fourth-order valence-electron chi connectivity index (χ4n) is 0.984. The Kier molecular flexibility index (Phi) is 3.80. The van der Waals surface area contributed by atoms with Gasteiger partial charge in [-0.3, -0.25) is 14.9 Å². The van der Waals surface area contributed by atoms with Crippen molar-refractivity contribution in [3.8, 4) is 0 Å². The molecule has 0 heterocycles. The number of hydrogen-bond acceptors (Lipinski definition) is 3. The van der Waals surface area contributed by atoms with Gasteiger partial charge in [0.2, 0.25) is 0 Å². The van der Waals surface area contributed by atoms with Gasteiger partial charge < -0.3 is 10.2 Å². The second-order valence-electron chi connectivity index (χ2n) is 2.79. The van der Waals surface area contributed by atoms with E-state index in [2.05, 4.69) is 10.2 Å². The monoisotopic (exact) mass is 239 g/mol. The Labute approximate surface area is 95.8 Å². The predicted octanol–water partition coefficient (Wildman–Crippen LogP) is 2.11. The van der Waals surface area contributed by atoms with Gasteiger partial charge >= 0.3 is 5.91 Å². The van der Waals surface area contributed by atoms with Crippen LogP contribution in [-0.4, -0.2) is 17.4 Å². The van der Waals surface area contributed by atoms with Crippen molar-refractivity contribution < 1.29 is 9.72 Å². The minimum absolute atomic E-state index is 0.129. The second kappa shape index (κ2) is 5.09. The van der Waals surface area contributed by atoms with Crippen LogP contribution in [-0.2, 0) is 4.79 Å². The lowest BCUT2D eigenvalue weighted by Crippen LogP contribution is -2.14. The summed E-state index contributed by atoms with van der Waals surface area (Å²) in [6.07, 6.45) is 0. The molecule has 1 rings (SSSR count). The minimum atomic E-state index is -0.596. The highest BCUT2D eigenvalue weighted by Crippen LogP contribution is 2.26. The Morgan fingerprint density at radius 1 is 1.62 bits per heavy atom. The number of amides is 1. The molecular weight excluding hydrogens is 234 g/mol. The number of non-ortho nitro benzene ring substituents is 1. The molecule has 0 bridgehead atoms. The molecule has 0 radical (unpaired) electrons. The van der Waals surface area contributed by atoms with Crippen LogP contribution in [0.15, 0.2) is 18.2 Å². The molecule has 0 aromatic heterocycles. The summed E-state index contributed by atoms with van der Waals surface area (Å²) >= 11 is 5.73. The Bertz CT molecular complexity index is 481. The van der Waals surface area contributed by atoms with E-state index in [0.717, 1.165) is 6.07 Å². The maximum atomic E-state index is 11.1. The number of carbonyl (C=O) groups excluding carboxylic acids is 1. The second-order valence-corrected chi connectivity index (χ2v) is 3.19. The van der Waals surface area contributed by atoms with E-state index in [4.69, 9.17) is 18.2 Å². The first-order valence-corrected chi connectivity index (χ1v) is 4.49. The average molecular weight is 240 g/mol. The first-order chi connectivity index (χ1) is 7.54. The van der Waals surface area contributed by atoms with E-state index in [0.29, 0.717) is 0 Å². The molecule has 82 valence electrons. The van der Waals surface area contributed by atoms with Crippen molar-refractivity contribution in [2.75, 3.05) is 11.9 Å². The summed E-state index contributed by atoms with van der Waals surface area (Å²) < 4.78 is 0. The molecule has 0 aliphatic heterocycles. The Balaban J connectivity index is 2.95. The molecule has 0 aliphatic rings. The highest BCUT2D eigenvalue weighted by Gasteiger charge is 2.12. The number of benzene rings is 1. The van der Waals surface area contributed by atoms with Gasteiger partial charge in [0, 0.05) is 12.1 Å². The van der Waals surface area contributed by atoms with Crippen molar-refractivity contribution in [1.29, 1.82) is 0 Å². The predicted molar refractivity (Wildman–Crippen MR) is 58.2 cm³/mol. The number of anilines is 1. The summed E-state index contributed by atoms with van der Waals surface area (Å²) in [5, 5.41) is 13.0. The Morgan fingerprint density at radius 2 is 2.31 bits per heavy atom. The van der Waals surface area contributed by atoms with Gasteiger partial charge in [-0.05, 0) is 6.07 Å². The van der Waals surface area contributed by atoms with Crippen LogP contribution in [0.25, 0.3) is 4.85 Å². The smallest absolute Gasteiger partial charge is 0.304 e. The number of rotatable bonds is 3. The molecular formula is C9H6ClN3O3. The molecule has 0 saturated carbocycles. The number of nitro groups is 1. The number of hydrogen-bond donors (Lipinski definition) is 1. The maximum Gasteiger partial charge on any atom is 0.304 e. The van der Waals surface area contributed by atoms with Crippen LogP contribution in [0.3, 0.4) is 0 Å². The van der Waals surface area contributed by atoms with Gasteiger partial charge in [0.05, 0.1) is 15.6 Å². The molecule has 1 aromatic rings. The van der Waals surface area contributed by atoms with Gasteiger partial charge in [-0.1, -0.05) is 11.6 Å². The Morgan fingerprint density at radius 3 is 2.88 bits per heavy atom. The summed E-state index contributed by atoms with van der Waals surface area (Å²) in [4.78, 5) is 23.9. The third-order valence-corrected chi connectivity index (χ3v) is 1.99. The largest absolute Gasteiger partial charge is 0.318 e. The van der Waals surface area contributed by atoms with Gasteiger partial charge in [-0.2, -0.15) is 0 Å². The van der Waals surface area contributed by atoms with Crippen LogP contribution in [0.5, 0.6) is 0 Å². The number of nitro benzene ring substituents is 1. The van der Waals surface area contributed by atoms with Crippen LogP contribution in [0.2, 0.25) is 5.02 Å². The van der Waals surface area contributed by atoms with Gasteiger partial charge in [-0.15, -0.1) is 0 Å². The molecule has 0 fully saturated rings. The summed E-state index contributed by atoms with van der Waals surface area (Å²) in [6.45, 7) is 6.14. The zero-order valence-electron chi connectivity index (χ0n) is 7.94. The van der Waals surface area contributed by atoms with E-state index in [9.17, 15) is 14.9 Å². The number of nitrogens with zero attached hydrogens (tertiary/aromatic N) is 2. The van der Waals surface area contributed by atoms with Crippen LogP contribution < -0.4 is 5.32 Å². The quantitative estimate of drug-likeness (QED) is 0.499. The summed E-state index contributed by atoms with van der Waals surface area (Å²) in [5.74, 6) is -0.558. The van der Waals surface area contributed by atoms with Crippen molar-refractivity contribution in [2.24, 2.45) is 0 Å². The lowest BCUT2D eigenvalue weighted by molar-refractivity contribution is -0.384. The van der Waals surface area contributed by atoms with E-state index in [1.807, 2.05) is 0 Å². The molecule has 6 nitrogen and oxygen atoms in total. The molecule has 0 unspecified atom stereocenters. The van der Waals surface area contributed by atoms with Crippen LogP contribution >= 0.6 is 11.6 Å². The summed E-state index contributed by atoms with van der Waals surface area (Å²) in [6, 6.07) is 3.68. The normalized spacial score (nSPS) is 9.25. The molecule has 0 atom stereocenters. The topological polar surface area (TPSA) is 76.6 Å². The minimum Gasteiger partial charge on any atom is -0.318 e. The van der Waals surface area contributed by atoms with Crippen molar-refractivity contribution >= 4 is 28.9 Å². The van der Waals surface area contributed by atoms with E-state index >= 15 is 0 Å². The Hall–Kier alpha value is -2.13. The SMILES string of the molecule is [C-]#[N+]CC(=O)Nc1cc([N+](=O)[O-])ccc1Cl. The average Bonchev–Trinajstić information content (AvgIpc) is 2.21. The lowest BCUT2D eigenvalue weighted by atomic mass is 10.3. The highest BCUT2D eigenvalue weighted by atomic mass is 35.5. The molecule has 0 spiro atoms. The molecule has 1 amide bonds. The zero-order valence-corrected chi connectivity index (χ0v) is 8.69. The van der Waals surface area contributed by atoms with Gasteiger partial charge in [0.1, 0.15) is 0 Å². The third kappa shape index (κ3) is 2.93. The fraction of sp³-hybridized carbons (Fsp3) is 0.111. The first-order valence-electron chi connectivity index (χ1n) is 4.11. The van der Waals surface area contributed by atoms with Crippen LogP contribution in [0.1, 0.15) is 0 Å². The van der Waals surface area contributed by atoms with Crippen LogP contribution in [0.4, 0.5) is 11.4 Å². The number of nitrogens with one attached hydrogen (secondary N) is 1. The molecule has 1 aromatic carbocycles. The van der Waals surface area contributed by atoms with E-state index < -0.39 is 10.8 Å². The maximum absolute atomic E-state index is 11.1. The van der Waals surface area contributed by atoms with Crippen molar-refractivity contribution in [3.63, 3.8) is 0 Å². The fourth-order valence-corrected chi connectivity index (χ4v) is 1.15. The van der Waals surface area contributed by atoms with Gasteiger partial charge in [0.15, 0.2) is 0 Å². The van der Waals surface area contributed by atoms with Gasteiger partial charge in [-0.25, -0.2) is 6.57 Å². The summed E-state index contributed by atoms with van der Waals surface area (Å²) in [5.41, 5.74) is -0.0490. The number of halogens is 1. The lowest BCUT2D eigenvalue weighted by Gasteiger charge is -2.03. The number of carbonyl (C=O) groups is 1. The van der Waals surface area contributed by atoms with Crippen LogP contribution in [0, 0.1) is 16.7 Å².